The fraction of sp³-hybridized carbons (Fsp3) is 0.474. The molecule has 28 heteroatoms. The van der Waals surface area contributed by atoms with Gasteiger partial charge in [0.25, 0.3) is 5.91 Å². The number of methoxy groups -OCH3 is 2. The van der Waals surface area contributed by atoms with Crippen LogP contribution in [0.25, 0.3) is 0 Å². The molecule has 2 radical (unpaired) electrons. The SMILES string of the molecule is [B]OC(=O)[C@@]1(SCCN(C(=O)OC(C)(C)C)C(=O)/C(=N\N(C)C(=O)OC(C)(C)C)c2ccc(OCc3ccc(OC)cc3)c(OCc3ccc(OC)cc3)c2Cl)CN2C(=O)[C@@H](CC(=O)/C(=N\OC(C)(C)C(=O)OC(C)(C)C)c3csc(N)n3)[C@H]2S1. The van der Waals surface area contributed by atoms with Crippen molar-refractivity contribution in [2.75, 3.05) is 45.8 Å². The summed E-state index contributed by atoms with van der Waals surface area (Å²) in [6.07, 6.45) is -2.57. The molecule has 0 aliphatic carbocycles. The van der Waals surface area contributed by atoms with E-state index in [1.807, 2.05) is 12.1 Å². The van der Waals surface area contributed by atoms with Crippen LogP contribution in [0.15, 0.2) is 76.3 Å². The summed E-state index contributed by atoms with van der Waals surface area (Å²) >= 11 is 10.2. The van der Waals surface area contributed by atoms with Crippen LogP contribution in [0.2, 0.25) is 5.02 Å². The van der Waals surface area contributed by atoms with Crippen LogP contribution in [-0.4, -0.2) is 153 Å². The van der Waals surface area contributed by atoms with Crippen molar-refractivity contribution in [1.82, 2.24) is 19.8 Å². The van der Waals surface area contributed by atoms with Gasteiger partial charge in [0.2, 0.25) is 11.5 Å². The predicted octanol–water partition coefficient (Wildman–Crippen LogP) is 8.98. The molecule has 0 saturated carbocycles. The van der Waals surface area contributed by atoms with Gasteiger partial charge in [-0.15, -0.1) is 34.9 Å². The minimum absolute atomic E-state index is 0.0326. The van der Waals surface area contributed by atoms with Crippen molar-refractivity contribution in [3.05, 3.63) is 93.5 Å². The van der Waals surface area contributed by atoms with Gasteiger partial charge in [-0.25, -0.2) is 29.3 Å². The van der Waals surface area contributed by atoms with Crippen molar-refractivity contribution < 1.29 is 76.2 Å². The van der Waals surface area contributed by atoms with Crippen LogP contribution in [-0.2, 0) is 60.9 Å². The van der Waals surface area contributed by atoms with Crippen LogP contribution < -0.4 is 24.7 Å². The van der Waals surface area contributed by atoms with Crippen molar-refractivity contribution in [3.8, 4) is 23.0 Å². The molecule has 2 fully saturated rings. The Morgan fingerprint density at radius 1 is 0.812 bits per heavy atom. The highest BCUT2D eigenvalue weighted by atomic mass is 35.5. The number of thiazole rings is 1. The minimum atomic E-state index is -1.68. The number of hydrogen-bond acceptors (Lipinski definition) is 23. The smallest absolute Gasteiger partial charge is 0.430 e. The van der Waals surface area contributed by atoms with Gasteiger partial charge in [-0.3, -0.25) is 19.2 Å². The number of halogens is 1. The monoisotopic (exact) mass is 1250 g/mol. The van der Waals surface area contributed by atoms with Gasteiger partial charge in [0.15, 0.2) is 37.9 Å². The Morgan fingerprint density at radius 2 is 1.38 bits per heavy atom. The number of esters is 1. The molecule has 6 rings (SSSR count). The Labute approximate surface area is 512 Å². The molecule has 4 aromatic rings. The third kappa shape index (κ3) is 17.5. The first-order chi connectivity index (χ1) is 39.7. The molecular formula is C57H69BClN7O16S3. The number of oxime groups is 1. The van der Waals surface area contributed by atoms with Gasteiger partial charge in [-0.05, 0) is 124 Å². The number of ketones is 1. The van der Waals surface area contributed by atoms with E-state index in [4.69, 9.17) is 68.0 Å². The van der Waals surface area contributed by atoms with E-state index < -0.39 is 98.2 Å². The number of carbonyl (C=O) groups is 7. The van der Waals surface area contributed by atoms with Crippen molar-refractivity contribution in [2.45, 2.75) is 128 Å². The number of carbonyl (C=O) groups excluding carboxylic acids is 7. The van der Waals surface area contributed by atoms with E-state index in [1.54, 1.807) is 106 Å². The highest BCUT2D eigenvalue weighted by molar-refractivity contribution is 8.20. The van der Waals surface area contributed by atoms with E-state index in [1.165, 1.54) is 50.4 Å². The van der Waals surface area contributed by atoms with Crippen molar-refractivity contribution >= 4 is 113 Å². The van der Waals surface area contributed by atoms with Crippen LogP contribution in [0.3, 0.4) is 0 Å². The number of fused-ring (bicyclic) bond motifs is 1. The van der Waals surface area contributed by atoms with Crippen molar-refractivity contribution in [1.29, 1.82) is 0 Å². The van der Waals surface area contributed by atoms with Gasteiger partial charge >= 0.3 is 32.2 Å². The van der Waals surface area contributed by atoms with E-state index in [2.05, 4.69) is 15.2 Å². The van der Waals surface area contributed by atoms with Crippen molar-refractivity contribution in [3.63, 3.8) is 0 Å². The summed E-state index contributed by atoms with van der Waals surface area (Å²) in [5, 5.41) is 9.85. The van der Waals surface area contributed by atoms with Crippen molar-refractivity contribution in [2.24, 2.45) is 16.2 Å². The molecule has 85 heavy (non-hydrogen) atoms. The molecule has 2 aliphatic rings. The Bertz CT molecular complexity index is 3200. The molecule has 3 atom stereocenters. The fourth-order valence-corrected chi connectivity index (χ4v) is 12.0. The summed E-state index contributed by atoms with van der Waals surface area (Å²) in [7, 11) is 9.88. The number of imide groups is 1. The molecule has 2 saturated heterocycles. The molecule has 0 spiro atoms. The molecule has 4 amide bonds. The molecule has 3 aromatic carbocycles. The number of ether oxygens (including phenoxy) is 7. The number of anilines is 1. The lowest BCUT2D eigenvalue weighted by Gasteiger charge is -2.41. The summed E-state index contributed by atoms with van der Waals surface area (Å²) in [5.41, 5.74) is 1.72. The number of aromatic nitrogens is 1. The number of hydrazone groups is 1. The van der Waals surface area contributed by atoms with E-state index >= 15 is 4.79 Å². The number of rotatable bonds is 23. The predicted molar refractivity (Wildman–Crippen MR) is 322 cm³/mol. The Morgan fingerprint density at radius 3 is 1.91 bits per heavy atom. The normalized spacial score (nSPS) is 17.2. The largest absolute Gasteiger partial charge is 0.542 e. The van der Waals surface area contributed by atoms with Gasteiger partial charge in [-0.1, -0.05) is 41.0 Å². The number of nitrogen functional groups attached to an aromatic ring is 1. The molecule has 1 aromatic heterocycles. The number of Topliss-reactive ketones (excluding diaryl/α,β-unsaturated/α-hetero) is 1. The lowest BCUT2D eigenvalue weighted by atomic mass is 9.90. The highest BCUT2D eigenvalue weighted by Gasteiger charge is 2.62. The van der Waals surface area contributed by atoms with E-state index in [9.17, 15) is 28.8 Å². The first-order valence-corrected chi connectivity index (χ1v) is 29.5. The van der Waals surface area contributed by atoms with Gasteiger partial charge in [0.05, 0.1) is 37.1 Å². The maximum absolute atomic E-state index is 15.4. The number of nitrogens with zero attached hydrogens (tertiary/aromatic N) is 6. The zero-order valence-electron chi connectivity index (χ0n) is 49.7. The molecule has 0 unspecified atom stereocenters. The standard InChI is InChI=1S/C57H69BClN7O16S3/c1-53(2,3)78-48(70)56(10,11)82-63-43(38-30-83-50(60)61-38)39(67)27-37-45(68)66-31-57(49(71)81-58,85-47(37)66)84-26-25-65(52(73)80-55(7,8)9)46(69)42(62-64(12)51(72)79-54(4,5)6)36-23-24-40(76-28-32-15-19-34(74-13)20-16-32)44(41(36)59)77-29-33-17-21-35(75-14)22-18-33/h15-24,30,37,47H,25-29,31H2,1-14H3,(H2,60,61)/b62-42-,63-43-/t37-,47-,57-/m1/s1. The van der Waals surface area contributed by atoms with E-state index in [0.29, 0.717) is 17.1 Å². The van der Waals surface area contributed by atoms with Crippen LogP contribution in [0.4, 0.5) is 14.7 Å². The Kier molecular flexibility index (Phi) is 21.6. The second-order valence-electron chi connectivity index (χ2n) is 22.7. The third-order valence-electron chi connectivity index (χ3n) is 12.1. The molecule has 456 valence electrons. The molecule has 0 bridgehead atoms. The Balaban J connectivity index is 1.33. The summed E-state index contributed by atoms with van der Waals surface area (Å²) in [4.78, 5) is 110. The van der Waals surface area contributed by atoms with Gasteiger partial charge in [0.1, 0.15) is 47.2 Å². The zero-order chi connectivity index (χ0) is 63.0. The first-order valence-electron chi connectivity index (χ1n) is 26.4. The molecule has 23 nitrogen and oxygen atoms in total. The van der Waals surface area contributed by atoms with Crippen LogP contribution in [0.5, 0.6) is 23.0 Å². The lowest BCUT2D eigenvalue weighted by molar-refractivity contribution is -0.179. The van der Waals surface area contributed by atoms with Gasteiger partial charge < -0.3 is 53.3 Å². The Hall–Kier alpha value is -7.23. The molecule has 3 heterocycles. The quantitative estimate of drug-likeness (QED) is 0.0181. The average Bonchev–Trinajstić information content (AvgIpc) is 2.45. The van der Waals surface area contributed by atoms with Gasteiger partial charge in [0, 0.05) is 36.7 Å². The highest BCUT2D eigenvalue weighted by Crippen LogP contribution is 2.56. The lowest BCUT2D eigenvalue weighted by Crippen LogP contribution is -2.57. The minimum Gasteiger partial charge on any atom is -0.542 e. The summed E-state index contributed by atoms with van der Waals surface area (Å²) in [6.45, 7) is 16.8. The number of benzene rings is 3. The number of amides is 4. The number of thioether (sulfide) groups is 2. The number of β-lactam (4-membered cyclic amide) rings is 1. The van der Waals surface area contributed by atoms with Crippen LogP contribution in [0.1, 0.15) is 105 Å². The zero-order valence-corrected chi connectivity index (χ0v) is 52.9. The fourth-order valence-electron chi connectivity index (χ4n) is 7.91. The summed E-state index contributed by atoms with van der Waals surface area (Å²) < 4.78 is 43.3. The van der Waals surface area contributed by atoms with Gasteiger partial charge in [-0.2, -0.15) is 5.10 Å². The van der Waals surface area contributed by atoms with Crippen LogP contribution >= 0.6 is 46.5 Å². The third-order valence-corrected chi connectivity index (χ3v) is 16.4. The van der Waals surface area contributed by atoms with E-state index in [-0.39, 0.29) is 64.1 Å². The first kappa shape index (κ1) is 66.9. The molecule has 2 aliphatic heterocycles. The summed E-state index contributed by atoms with van der Waals surface area (Å²) in [6, 6.07) is 17.1. The summed E-state index contributed by atoms with van der Waals surface area (Å²) in [5.74, 6) is -3.91. The van der Waals surface area contributed by atoms with E-state index in [0.717, 1.165) is 50.3 Å². The topological polar surface area (TPSA) is 276 Å². The number of hydrogen-bond donors (Lipinski definition) is 1. The number of nitrogens with two attached hydrogens (primary N) is 1. The molecule has 2 N–H and O–H groups in total. The maximum atomic E-state index is 15.4. The second kappa shape index (κ2) is 27.4. The van der Waals surface area contributed by atoms with Crippen LogP contribution in [0, 0.1) is 5.92 Å². The second-order valence-corrected chi connectivity index (χ2v) is 27.1. The average molecular weight is 1250 g/mol. The maximum Gasteiger partial charge on any atom is 0.430 e. The molecular weight excluding hydrogens is 1180 g/mol.